The molecule has 3 rings (SSSR count). The molecule has 26 heavy (non-hydrogen) atoms. The van der Waals surface area contributed by atoms with Crippen LogP contribution in [0.15, 0.2) is 30.3 Å². The van der Waals surface area contributed by atoms with Crippen LogP contribution in [0.3, 0.4) is 0 Å². The van der Waals surface area contributed by atoms with Gasteiger partial charge in [-0.25, -0.2) is 9.18 Å². The van der Waals surface area contributed by atoms with Crippen molar-refractivity contribution >= 4 is 6.09 Å². The molecule has 1 aromatic carbocycles. The van der Waals surface area contributed by atoms with Crippen LogP contribution in [-0.4, -0.2) is 41.4 Å². The second kappa shape index (κ2) is 7.18. The van der Waals surface area contributed by atoms with Gasteiger partial charge in [-0.15, -0.1) is 0 Å². The van der Waals surface area contributed by atoms with E-state index in [1.807, 2.05) is 39.0 Å². The first kappa shape index (κ1) is 19.2. The second-order valence-electron chi connectivity index (χ2n) is 8.80. The minimum atomic E-state index is -0.934. The molecule has 144 valence electrons. The molecule has 1 aromatic rings. The predicted octanol–water partition coefficient (Wildman–Crippen LogP) is 4.46. The van der Waals surface area contributed by atoms with Crippen molar-refractivity contribution in [2.24, 2.45) is 5.92 Å². The van der Waals surface area contributed by atoms with Gasteiger partial charge in [-0.2, -0.15) is 0 Å². The molecule has 0 aromatic heterocycles. The Morgan fingerprint density at radius 1 is 1.27 bits per heavy atom. The molecular formula is C21H31FN2O2. The van der Waals surface area contributed by atoms with E-state index in [4.69, 9.17) is 4.74 Å². The molecule has 1 aliphatic heterocycles. The number of benzene rings is 1. The van der Waals surface area contributed by atoms with E-state index in [0.29, 0.717) is 13.1 Å². The summed E-state index contributed by atoms with van der Waals surface area (Å²) in [5, 5.41) is 3.03. The van der Waals surface area contributed by atoms with E-state index in [1.165, 1.54) is 5.56 Å². The van der Waals surface area contributed by atoms with Gasteiger partial charge in [0.25, 0.3) is 0 Å². The molecule has 1 heterocycles. The van der Waals surface area contributed by atoms with Gasteiger partial charge in [-0.1, -0.05) is 30.3 Å². The highest BCUT2D eigenvalue weighted by Crippen LogP contribution is 2.45. The molecule has 5 heteroatoms. The van der Waals surface area contributed by atoms with E-state index in [1.54, 1.807) is 0 Å². The highest BCUT2D eigenvalue weighted by Gasteiger charge is 2.53. The number of halogens is 1. The average Bonchev–Trinajstić information content (AvgIpc) is 2.91. The van der Waals surface area contributed by atoms with Gasteiger partial charge in [0.05, 0.1) is 5.54 Å². The van der Waals surface area contributed by atoms with Crippen molar-refractivity contribution in [3.63, 3.8) is 0 Å². The highest BCUT2D eigenvalue weighted by molar-refractivity contribution is 5.69. The highest BCUT2D eigenvalue weighted by atomic mass is 19.1. The zero-order chi connectivity index (χ0) is 18.9. The maximum Gasteiger partial charge on any atom is 0.408 e. The van der Waals surface area contributed by atoms with Crippen molar-refractivity contribution in [3.05, 3.63) is 35.9 Å². The molecule has 0 radical (unpaired) electrons. The number of nitrogens with zero attached hydrogens (tertiary/aromatic N) is 1. The van der Waals surface area contributed by atoms with E-state index in [0.717, 1.165) is 19.3 Å². The van der Waals surface area contributed by atoms with Gasteiger partial charge in [-0.05, 0) is 52.5 Å². The van der Waals surface area contributed by atoms with E-state index in [-0.39, 0.29) is 12.0 Å². The normalized spacial score (nSPS) is 26.8. The fourth-order valence-corrected chi connectivity index (χ4v) is 4.23. The topological polar surface area (TPSA) is 41.6 Å². The summed E-state index contributed by atoms with van der Waals surface area (Å²) in [5.41, 5.74) is 0.184. The van der Waals surface area contributed by atoms with Gasteiger partial charge < -0.3 is 10.1 Å². The quantitative estimate of drug-likeness (QED) is 0.859. The van der Waals surface area contributed by atoms with Gasteiger partial charge in [0, 0.05) is 25.0 Å². The van der Waals surface area contributed by atoms with Crippen molar-refractivity contribution < 1.29 is 13.9 Å². The Balaban J connectivity index is 1.68. The van der Waals surface area contributed by atoms with E-state index >= 15 is 0 Å². The summed E-state index contributed by atoms with van der Waals surface area (Å²) >= 11 is 0. The Bertz CT molecular complexity index is 625. The minimum Gasteiger partial charge on any atom is -0.444 e. The van der Waals surface area contributed by atoms with E-state index in [2.05, 4.69) is 29.3 Å². The van der Waals surface area contributed by atoms with Crippen LogP contribution < -0.4 is 5.32 Å². The zero-order valence-corrected chi connectivity index (χ0v) is 16.3. The first-order valence-electron chi connectivity index (χ1n) is 9.64. The monoisotopic (exact) mass is 362 g/mol. The largest absolute Gasteiger partial charge is 0.444 e. The van der Waals surface area contributed by atoms with Gasteiger partial charge in [0.2, 0.25) is 0 Å². The number of hydrogen-bond acceptors (Lipinski definition) is 3. The van der Waals surface area contributed by atoms with Crippen LogP contribution in [0, 0.1) is 5.92 Å². The number of alkyl carbamates (subject to hydrolysis) is 1. The first-order valence-corrected chi connectivity index (χ1v) is 9.64. The number of likely N-dealkylation sites (tertiary alicyclic amines) is 1. The molecule has 1 unspecified atom stereocenters. The second-order valence-corrected chi connectivity index (χ2v) is 8.80. The number of alkyl halides is 1. The molecule has 1 saturated carbocycles. The molecule has 2 fully saturated rings. The summed E-state index contributed by atoms with van der Waals surface area (Å²) in [6.45, 7) is 8.73. The van der Waals surface area contributed by atoms with Crippen molar-refractivity contribution in [2.75, 3.05) is 13.1 Å². The summed E-state index contributed by atoms with van der Waals surface area (Å²) in [4.78, 5) is 14.5. The SMILES string of the molecule is CC(c1ccccc1)N1C[C@@H](C2(NC(=O)OC(C)(C)C)CCC2)[C@@H](F)C1. The van der Waals surface area contributed by atoms with Crippen LogP contribution in [0.1, 0.15) is 58.6 Å². The van der Waals surface area contributed by atoms with Crippen LogP contribution in [0.5, 0.6) is 0 Å². The van der Waals surface area contributed by atoms with Gasteiger partial charge in [0.1, 0.15) is 11.8 Å². The van der Waals surface area contributed by atoms with Crippen molar-refractivity contribution in [1.29, 1.82) is 0 Å². The Kier molecular flexibility index (Phi) is 5.29. The molecule has 0 bridgehead atoms. The third-order valence-corrected chi connectivity index (χ3v) is 5.81. The van der Waals surface area contributed by atoms with Gasteiger partial charge in [0.15, 0.2) is 0 Å². The lowest BCUT2D eigenvalue weighted by Gasteiger charge is -2.47. The van der Waals surface area contributed by atoms with E-state index in [9.17, 15) is 9.18 Å². The van der Waals surface area contributed by atoms with Crippen LogP contribution in [0.2, 0.25) is 0 Å². The Morgan fingerprint density at radius 2 is 1.92 bits per heavy atom. The Hall–Kier alpha value is -1.62. The molecule has 0 spiro atoms. The lowest BCUT2D eigenvalue weighted by molar-refractivity contribution is 0.0195. The average molecular weight is 362 g/mol. The number of rotatable bonds is 4. The van der Waals surface area contributed by atoms with Gasteiger partial charge >= 0.3 is 6.09 Å². The first-order chi connectivity index (χ1) is 12.2. The number of carbonyl (C=O) groups is 1. The maximum absolute atomic E-state index is 15.0. The summed E-state index contributed by atoms with van der Waals surface area (Å²) in [6.07, 6.45) is 1.30. The summed E-state index contributed by atoms with van der Waals surface area (Å²) in [7, 11) is 0. The van der Waals surface area contributed by atoms with E-state index < -0.39 is 23.4 Å². The number of carbonyl (C=O) groups excluding carboxylic acids is 1. The van der Waals surface area contributed by atoms with Gasteiger partial charge in [-0.3, -0.25) is 4.90 Å². The fraction of sp³-hybridized carbons (Fsp3) is 0.667. The number of hydrogen-bond donors (Lipinski definition) is 1. The fourth-order valence-electron chi connectivity index (χ4n) is 4.23. The van der Waals surface area contributed by atoms with Crippen molar-refractivity contribution in [2.45, 2.75) is 70.3 Å². The standard InChI is InChI=1S/C21H31FN2O2/c1-15(16-9-6-5-7-10-16)24-13-17(18(22)14-24)21(11-8-12-21)23-19(25)26-20(2,3)4/h5-7,9-10,15,17-18H,8,11-14H2,1-4H3,(H,23,25)/t15?,17-,18+/m1/s1. The predicted molar refractivity (Wildman–Crippen MR) is 101 cm³/mol. The molecule has 3 atom stereocenters. The molecule has 4 nitrogen and oxygen atoms in total. The Morgan fingerprint density at radius 3 is 2.46 bits per heavy atom. The summed E-state index contributed by atoms with van der Waals surface area (Å²) < 4.78 is 20.4. The van der Waals surface area contributed by atoms with Crippen LogP contribution in [0.4, 0.5) is 9.18 Å². The van der Waals surface area contributed by atoms with Crippen molar-refractivity contribution in [1.82, 2.24) is 10.2 Å². The summed E-state index contributed by atoms with van der Waals surface area (Å²) in [5.74, 6) is -0.185. The molecular weight excluding hydrogens is 331 g/mol. The number of nitrogens with one attached hydrogen (secondary N) is 1. The van der Waals surface area contributed by atoms with Crippen LogP contribution in [-0.2, 0) is 4.74 Å². The molecule has 2 aliphatic rings. The van der Waals surface area contributed by atoms with Crippen LogP contribution >= 0.6 is 0 Å². The van der Waals surface area contributed by atoms with Crippen LogP contribution in [0.25, 0.3) is 0 Å². The van der Waals surface area contributed by atoms with Crippen molar-refractivity contribution in [3.8, 4) is 0 Å². The zero-order valence-electron chi connectivity index (χ0n) is 16.3. The third kappa shape index (κ3) is 4.03. The molecule has 1 amide bonds. The maximum atomic E-state index is 15.0. The smallest absolute Gasteiger partial charge is 0.408 e. The lowest BCUT2D eigenvalue weighted by atomic mass is 9.67. The molecule has 1 aliphatic carbocycles. The molecule has 1 N–H and O–H groups in total. The lowest BCUT2D eigenvalue weighted by Crippen LogP contribution is -2.61. The molecule has 1 saturated heterocycles. The Labute approximate surface area is 156 Å². The third-order valence-electron chi connectivity index (χ3n) is 5.81. The number of ether oxygens (including phenoxy) is 1. The minimum absolute atomic E-state index is 0.165. The summed E-state index contributed by atoms with van der Waals surface area (Å²) in [6, 6.07) is 10.4. The number of amides is 1.